The molecule has 10 heteroatoms. The third-order valence-corrected chi connectivity index (χ3v) is 7.14. The Morgan fingerprint density at radius 2 is 1.91 bits per heavy atom. The first-order valence-electron chi connectivity index (χ1n) is 10.7. The van der Waals surface area contributed by atoms with Gasteiger partial charge in [0.2, 0.25) is 0 Å². The van der Waals surface area contributed by atoms with Crippen molar-refractivity contribution in [3.8, 4) is 0 Å². The summed E-state index contributed by atoms with van der Waals surface area (Å²) in [6, 6.07) is 6.07. The second-order valence-corrected chi connectivity index (χ2v) is 8.95. The highest BCUT2D eigenvalue weighted by molar-refractivity contribution is 7.21. The van der Waals surface area contributed by atoms with E-state index in [1.165, 1.54) is 34.6 Å². The molecule has 166 valence electrons. The molecule has 5 rings (SSSR count). The number of nitro groups is 1. The molecule has 1 aliphatic carbocycles. The molecule has 32 heavy (non-hydrogen) atoms. The highest BCUT2D eigenvalue weighted by Gasteiger charge is 2.28. The molecular formula is C22H23N5O4S. The molecule has 2 aromatic heterocycles. The van der Waals surface area contributed by atoms with Crippen LogP contribution in [0.1, 0.15) is 33.6 Å². The summed E-state index contributed by atoms with van der Waals surface area (Å²) in [6.45, 7) is 2.92. The van der Waals surface area contributed by atoms with E-state index in [0.29, 0.717) is 23.8 Å². The maximum absolute atomic E-state index is 13.1. The zero-order valence-corrected chi connectivity index (χ0v) is 18.2. The van der Waals surface area contributed by atoms with Crippen molar-refractivity contribution in [3.05, 3.63) is 50.4 Å². The van der Waals surface area contributed by atoms with Crippen molar-refractivity contribution in [2.24, 2.45) is 0 Å². The lowest BCUT2D eigenvalue weighted by atomic mass is 9.89. The molecule has 2 aliphatic rings. The van der Waals surface area contributed by atoms with Crippen molar-refractivity contribution in [3.63, 3.8) is 0 Å². The van der Waals surface area contributed by atoms with Crippen LogP contribution in [0.25, 0.3) is 10.2 Å². The van der Waals surface area contributed by atoms with Crippen molar-refractivity contribution in [1.82, 2.24) is 4.98 Å². The van der Waals surface area contributed by atoms with Gasteiger partial charge in [0.25, 0.3) is 11.6 Å². The van der Waals surface area contributed by atoms with Gasteiger partial charge in [0.05, 0.1) is 23.8 Å². The number of para-hydroxylation sites is 2. The predicted molar refractivity (Wildman–Crippen MR) is 125 cm³/mol. The van der Waals surface area contributed by atoms with Gasteiger partial charge >= 0.3 is 0 Å². The first kappa shape index (κ1) is 20.7. The largest absolute Gasteiger partial charge is 0.397 e. The minimum Gasteiger partial charge on any atom is -0.397 e. The molecule has 1 fully saturated rings. The summed E-state index contributed by atoms with van der Waals surface area (Å²) < 4.78 is 5.50. The molecule has 0 unspecified atom stereocenters. The number of thiophene rings is 1. The molecule has 0 saturated carbocycles. The molecule has 3 heterocycles. The number of hydrogen-bond acceptors (Lipinski definition) is 8. The molecule has 3 aromatic rings. The number of benzene rings is 1. The highest BCUT2D eigenvalue weighted by Crippen LogP contribution is 2.42. The van der Waals surface area contributed by atoms with Gasteiger partial charge in [-0.2, -0.15) is 0 Å². The molecule has 1 aliphatic heterocycles. The molecule has 1 amide bonds. The number of aryl methyl sites for hydroxylation is 1. The molecule has 0 atom stereocenters. The van der Waals surface area contributed by atoms with Gasteiger partial charge in [-0.1, -0.05) is 12.1 Å². The first-order chi connectivity index (χ1) is 15.5. The smallest absolute Gasteiger partial charge is 0.292 e. The number of aromatic nitrogens is 1. The number of nitro benzene ring substituents is 1. The van der Waals surface area contributed by atoms with Crippen LogP contribution in [-0.4, -0.2) is 42.1 Å². The topological polar surface area (TPSA) is 124 Å². The number of hydrogen-bond donors (Lipinski definition) is 2. The van der Waals surface area contributed by atoms with E-state index in [1.807, 2.05) is 0 Å². The highest BCUT2D eigenvalue weighted by atomic mass is 32.1. The monoisotopic (exact) mass is 453 g/mol. The van der Waals surface area contributed by atoms with E-state index in [2.05, 4.69) is 10.2 Å². The maximum atomic E-state index is 13.1. The lowest BCUT2D eigenvalue weighted by Crippen LogP contribution is -2.37. The lowest BCUT2D eigenvalue weighted by molar-refractivity contribution is -0.383. The van der Waals surface area contributed by atoms with Crippen LogP contribution < -0.4 is 16.0 Å². The molecule has 0 spiro atoms. The van der Waals surface area contributed by atoms with E-state index >= 15 is 0 Å². The number of carbonyl (C=O) groups excluding carboxylic acids is 1. The number of anilines is 3. The summed E-state index contributed by atoms with van der Waals surface area (Å²) in [5, 5.41) is 14.8. The summed E-state index contributed by atoms with van der Waals surface area (Å²) in [5.74, 6) is 0.514. The zero-order valence-electron chi connectivity index (χ0n) is 17.4. The van der Waals surface area contributed by atoms with Crippen LogP contribution in [0, 0.1) is 10.1 Å². The lowest BCUT2D eigenvalue weighted by Gasteiger charge is -2.31. The van der Waals surface area contributed by atoms with Crippen LogP contribution in [-0.2, 0) is 17.6 Å². The van der Waals surface area contributed by atoms with E-state index in [4.69, 9.17) is 15.5 Å². The number of nitrogens with two attached hydrogens (primary N) is 1. The van der Waals surface area contributed by atoms with Crippen molar-refractivity contribution >= 4 is 50.3 Å². The van der Waals surface area contributed by atoms with Crippen LogP contribution in [0.3, 0.4) is 0 Å². The van der Waals surface area contributed by atoms with Gasteiger partial charge in [0.15, 0.2) is 0 Å². The van der Waals surface area contributed by atoms with Gasteiger partial charge in [0.1, 0.15) is 21.2 Å². The number of nitrogens with one attached hydrogen (secondary N) is 1. The molecule has 0 bridgehead atoms. The average Bonchev–Trinajstić information content (AvgIpc) is 3.16. The van der Waals surface area contributed by atoms with Gasteiger partial charge in [-0.15, -0.1) is 11.3 Å². The Morgan fingerprint density at radius 1 is 1.19 bits per heavy atom. The zero-order chi connectivity index (χ0) is 22.2. The molecule has 1 saturated heterocycles. The normalized spacial score (nSPS) is 16.1. The van der Waals surface area contributed by atoms with Crippen LogP contribution in [0.2, 0.25) is 0 Å². The Labute approximate surface area is 188 Å². The number of nitrogen functional groups attached to an aromatic ring is 1. The second kappa shape index (κ2) is 8.36. The molecule has 3 N–H and O–H groups in total. The van der Waals surface area contributed by atoms with Crippen LogP contribution in [0.15, 0.2) is 24.3 Å². The Hall–Kier alpha value is -3.24. The third-order valence-electron chi connectivity index (χ3n) is 6.04. The van der Waals surface area contributed by atoms with Gasteiger partial charge < -0.3 is 20.7 Å². The van der Waals surface area contributed by atoms with Crippen molar-refractivity contribution in [2.75, 3.05) is 42.3 Å². The van der Waals surface area contributed by atoms with Gasteiger partial charge in [-0.25, -0.2) is 4.98 Å². The van der Waals surface area contributed by atoms with E-state index < -0.39 is 10.8 Å². The molecule has 9 nitrogen and oxygen atoms in total. The minimum atomic E-state index is -0.517. The van der Waals surface area contributed by atoms with E-state index in [-0.39, 0.29) is 11.4 Å². The fourth-order valence-corrected chi connectivity index (χ4v) is 5.53. The maximum Gasteiger partial charge on any atom is 0.292 e. The summed E-state index contributed by atoms with van der Waals surface area (Å²) in [5.41, 5.74) is 9.27. The number of ether oxygens (including phenoxy) is 1. The fraction of sp³-hybridized carbons (Fsp3) is 0.364. The molecular weight excluding hydrogens is 430 g/mol. The first-order valence-corrected chi connectivity index (χ1v) is 11.5. The number of amides is 1. The number of carbonyl (C=O) groups is 1. The minimum absolute atomic E-state index is 0.142. The van der Waals surface area contributed by atoms with Gasteiger partial charge in [-0.3, -0.25) is 14.9 Å². The van der Waals surface area contributed by atoms with Crippen molar-refractivity contribution in [2.45, 2.75) is 25.7 Å². The second-order valence-electron chi connectivity index (χ2n) is 7.95. The van der Waals surface area contributed by atoms with Crippen molar-refractivity contribution in [1.29, 1.82) is 0 Å². The molecule has 0 radical (unpaired) electrons. The Kier molecular flexibility index (Phi) is 5.40. The van der Waals surface area contributed by atoms with E-state index in [9.17, 15) is 14.9 Å². The Bertz CT molecular complexity index is 1220. The number of fused-ring (bicyclic) bond motifs is 3. The van der Waals surface area contributed by atoms with Crippen LogP contribution in [0.5, 0.6) is 0 Å². The number of morpholine rings is 1. The fourth-order valence-electron chi connectivity index (χ4n) is 4.52. The van der Waals surface area contributed by atoms with E-state index in [0.717, 1.165) is 54.8 Å². The van der Waals surface area contributed by atoms with Crippen LogP contribution >= 0.6 is 11.3 Å². The van der Waals surface area contributed by atoms with Gasteiger partial charge in [-0.05, 0) is 42.9 Å². The number of pyridine rings is 1. The summed E-state index contributed by atoms with van der Waals surface area (Å²) in [6.07, 6.45) is 4.02. The summed E-state index contributed by atoms with van der Waals surface area (Å²) in [7, 11) is 0. The Morgan fingerprint density at radius 3 is 2.66 bits per heavy atom. The predicted octanol–water partition coefficient (Wildman–Crippen LogP) is 3.75. The quantitative estimate of drug-likeness (QED) is 0.455. The summed E-state index contributed by atoms with van der Waals surface area (Å²) >= 11 is 1.24. The van der Waals surface area contributed by atoms with Crippen molar-refractivity contribution < 1.29 is 14.5 Å². The van der Waals surface area contributed by atoms with Gasteiger partial charge in [0, 0.05) is 24.5 Å². The number of rotatable bonds is 4. The number of nitrogens with zero attached hydrogens (tertiary/aromatic N) is 3. The average molecular weight is 454 g/mol. The van der Waals surface area contributed by atoms with E-state index in [1.54, 1.807) is 12.1 Å². The Balaban J connectivity index is 1.57. The summed E-state index contributed by atoms with van der Waals surface area (Å²) in [4.78, 5) is 32.1. The molecule has 1 aromatic carbocycles. The SMILES string of the molecule is Nc1c(C(=O)Nc2ccccc2[N+](=O)[O-])sc2nc(N3CCOCC3)c3c(c12)CCCC3. The standard InChI is InChI=1S/C22H23N5O4S/c23-18-17-13-5-1-2-6-14(13)20(26-9-11-31-12-10-26)25-22(17)32-19(18)21(28)24-15-7-3-4-8-16(15)27(29)30/h3-4,7-8H,1-2,5-6,9-12,23H2,(H,24,28). The van der Waals surface area contributed by atoms with Crippen LogP contribution in [0.4, 0.5) is 22.9 Å². The third kappa shape index (κ3) is 3.55.